The molecule has 2 fully saturated rings. The third kappa shape index (κ3) is 4.40. The number of rotatable bonds is 7. The van der Waals surface area contributed by atoms with Crippen LogP contribution in [-0.2, 0) is 19.2 Å². The van der Waals surface area contributed by atoms with E-state index in [1.54, 1.807) is 5.38 Å². The minimum atomic E-state index is -1.20. The third-order valence-corrected chi connectivity index (χ3v) is 9.79. The van der Waals surface area contributed by atoms with Crippen molar-refractivity contribution in [1.29, 1.82) is 0 Å². The van der Waals surface area contributed by atoms with E-state index in [-0.39, 0.29) is 26.8 Å². The van der Waals surface area contributed by atoms with Crippen LogP contribution in [0, 0.1) is 0 Å². The van der Waals surface area contributed by atoms with Gasteiger partial charge in [0.2, 0.25) is 5.12 Å². The summed E-state index contributed by atoms with van der Waals surface area (Å²) in [4.78, 5) is 54.5. The summed E-state index contributed by atoms with van der Waals surface area (Å²) in [6, 6.07) is -0.883. The number of amides is 2. The van der Waals surface area contributed by atoms with E-state index in [1.807, 2.05) is 0 Å². The van der Waals surface area contributed by atoms with Gasteiger partial charge in [-0.25, -0.2) is 9.78 Å². The van der Waals surface area contributed by atoms with Crippen LogP contribution in [-0.4, -0.2) is 71.8 Å². The summed E-state index contributed by atoms with van der Waals surface area (Å²) in [6.07, 6.45) is 0.761. The minimum absolute atomic E-state index is 0.0600. The average molecular weight is 533 g/mol. The van der Waals surface area contributed by atoms with Crippen LogP contribution in [0.5, 0.6) is 0 Å². The Kier molecular flexibility index (Phi) is 7.10. The van der Waals surface area contributed by atoms with Crippen molar-refractivity contribution in [2.24, 2.45) is 0 Å². The van der Waals surface area contributed by atoms with E-state index in [2.05, 4.69) is 10.3 Å². The number of nitrogens with zero attached hydrogens (tertiary/aromatic N) is 2. The van der Waals surface area contributed by atoms with Crippen molar-refractivity contribution in [3.63, 3.8) is 0 Å². The molecule has 3 aliphatic heterocycles. The highest BCUT2D eigenvalue weighted by atomic mass is 35.5. The highest BCUT2D eigenvalue weighted by molar-refractivity contribution is 8.16. The van der Waals surface area contributed by atoms with E-state index in [0.29, 0.717) is 22.8 Å². The molecule has 0 radical (unpaired) electrons. The molecule has 4 rings (SSSR count). The SMILES string of the molecule is Nc1nc(/C(=C/Cl)C(=O)N[C@@H]2C(=O)N3C(C(=O)O)=C(CSC4CCSC4=O)CS[C@@H]23)cs1. The van der Waals surface area contributed by atoms with Crippen molar-refractivity contribution >= 4 is 91.8 Å². The molecule has 4 heterocycles. The van der Waals surface area contributed by atoms with Crippen LogP contribution >= 0.6 is 58.2 Å². The van der Waals surface area contributed by atoms with E-state index in [4.69, 9.17) is 17.3 Å². The number of thioether (sulfide) groups is 3. The smallest absolute Gasteiger partial charge is 0.352 e. The van der Waals surface area contributed by atoms with Crippen LogP contribution in [0.1, 0.15) is 12.1 Å². The van der Waals surface area contributed by atoms with Crippen molar-refractivity contribution in [3.05, 3.63) is 27.9 Å². The van der Waals surface area contributed by atoms with E-state index >= 15 is 0 Å². The Hall–Kier alpha value is -1.67. The number of anilines is 1. The van der Waals surface area contributed by atoms with Gasteiger partial charge in [-0.2, -0.15) is 0 Å². The first-order valence-electron chi connectivity index (χ1n) is 9.32. The van der Waals surface area contributed by atoms with Crippen molar-refractivity contribution in [3.8, 4) is 0 Å². The van der Waals surface area contributed by atoms with Crippen LogP contribution < -0.4 is 11.1 Å². The van der Waals surface area contributed by atoms with Gasteiger partial charge in [-0.3, -0.25) is 19.3 Å². The van der Waals surface area contributed by atoms with Gasteiger partial charge in [0.25, 0.3) is 11.8 Å². The first-order chi connectivity index (χ1) is 15.3. The van der Waals surface area contributed by atoms with Crippen molar-refractivity contribution in [2.75, 3.05) is 23.0 Å². The van der Waals surface area contributed by atoms with Crippen LogP contribution in [0.4, 0.5) is 5.13 Å². The van der Waals surface area contributed by atoms with Crippen LogP contribution in [0.15, 0.2) is 22.2 Å². The maximum Gasteiger partial charge on any atom is 0.352 e. The summed E-state index contributed by atoms with van der Waals surface area (Å²) in [7, 11) is 0. The second kappa shape index (κ2) is 9.67. The number of nitrogen functional groups attached to an aromatic ring is 1. The normalized spacial score (nSPS) is 25.6. The van der Waals surface area contributed by atoms with Gasteiger partial charge in [-0.1, -0.05) is 23.4 Å². The molecular formula is C18H17ClN4O5S4. The molecule has 0 saturated carbocycles. The fourth-order valence-electron chi connectivity index (χ4n) is 3.48. The topological polar surface area (TPSA) is 143 Å². The standard InChI is InChI=1S/C18H17ClN4O5S4/c19-3-8(9-6-32-18(20)21-9)13(24)22-11-14(25)23-12(16(26)27)7(5-31-15(11)23)4-30-10-1-2-29-17(10)28/h3,6,10-11,15H,1-2,4-5H2,(H2,20,21)(H,22,24)(H,26,27)/b8-3-/t10?,11-,15+/m1/s1. The molecule has 32 heavy (non-hydrogen) atoms. The van der Waals surface area contributed by atoms with Crippen LogP contribution in [0.3, 0.4) is 0 Å². The molecule has 9 nitrogen and oxygen atoms in total. The molecule has 1 aromatic heterocycles. The Morgan fingerprint density at radius 1 is 1.44 bits per heavy atom. The molecule has 0 aromatic carbocycles. The highest BCUT2D eigenvalue weighted by Gasteiger charge is 2.54. The summed E-state index contributed by atoms with van der Waals surface area (Å²) in [6.45, 7) is 0. The number of hydrogen-bond acceptors (Lipinski definition) is 10. The maximum absolute atomic E-state index is 12.8. The summed E-state index contributed by atoms with van der Waals surface area (Å²) >= 11 is 11.0. The zero-order chi connectivity index (χ0) is 23.0. The van der Waals surface area contributed by atoms with Gasteiger partial charge in [0.1, 0.15) is 17.1 Å². The second-order valence-corrected chi connectivity index (χ2v) is 11.5. The van der Waals surface area contributed by atoms with E-state index in [9.17, 15) is 24.3 Å². The molecule has 4 N–H and O–H groups in total. The van der Waals surface area contributed by atoms with E-state index < -0.39 is 29.2 Å². The second-order valence-electron chi connectivity index (χ2n) is 6.97. The monoisotopic (exact) mass is 532 g/mol. The molecule has 2 amide bonds. The van der Waals surface area contributed by atoms with E-state index in [1.165, 1.54) is 40.2 Å². The number of nitrogens with two attached hydrogens (primary N) is 1. The number of nitrogens with one attached hydrogen (secondary N) is 1. The third-order valence-electron chi connectivity index (χ3n) is 5.03. The lowest BCUT2D eigenvalue weighted by Gasteiger charge is -2.49. The average Bonchev–Trinajstić information content (AvgIpc) is 3.37. The van der Waals surface area contributed by atoms with Crippen molar-refractivity contribution < 1.29 is 24.3 Å². The molecule has 0 spiro atoms. The molecule has 3 atom stereocenters. The summed E-state index contributed by atoms with van der Waals surface area (Å²) in [5.41, 5.74) is 7.58. The fraction of sp³-hybridized carbons (Fsp3) is 0.389. The Morgan fingerprint density at radius 3 is 2.81 bits per heavy atom. The quantitative estimate of drug-likeness (QED) is 0.351. The number of hydrogen-bond donors (Lipinski definition) is 3. The zero-order valence-corrected chi connectivity index (χ0v) is 20.3. The number of aromatic nitrogens is 1. The van der Waals surface area contributed by atoms with Gasteiger partial charge in [-0.05, 0) is 12.0 Å². The number of carbonyl (C=O) groups is 4. The number of carboxylic acids is 1. The number of aliphatic carboxylic acids is 1. The molecule has 14 heteroatoms. The first kappa shape index (κ1) is 23.5. The molecule has 3 aliphatic rings. The largest absolute Gasteiger partial charge is 0.477 e. The number of carboxylic acid groups (broad SMARTS) is 1. The van der Waals surface area contributed by atoms with Crippen molar-refractivity contribution in [1.82, 2.24) is 15.2 Å². The fourth-order valence-corrected chi connectivity index (χ4v) is 8.20. The number of fused-ring (bicyclic) bond motifs is 1. The lowest BCUT2D eigenvalue weighted by atomic mass is 10.0. The number of halogens is 1. The van der Waals surface area contributed by atoms with Gasteiger partial charge in [-0.15, -0.1) is 34.9 Å². The van der Waals surface area contributed by atoms with Gasteiger partial charge in [0.05, 0.1) is 16.5 Å². The Morgan fingerprint density at radius 2 is 2.22 bits per heavy atom. The molecule has 2 saturated heterocycles. The number of thiazole rings is 1. The minimum Gasteiger partial charge on any atom is -0.477 e. The molecule has 0 aliphatic carbocycles. The van der Waals surface area contributed by atoms with Crippen LogP contribution in [0.25, 0.3) is 5.57 Å². The number of carbonyl (C=O) groups excluding carboxylic acids is 3. The molecule has 0 bridgehead atoms. The molecule has 1 aromatic rings. The summed E-state index contributed by atoms with van der Waals surface area (Å²) < 4.78 is 0. The maximum atomic E-state index is 12.8. The molecular weight excluding hydrogens is 516 g/mol. The summed E-state index contributed by atoms with van der Waals surface area (Å²) in [5.74, 6) is -0.766. The van der Waals surface area contributed by atoms with Gasteiger partial charge in [0, 0.05) is 28.2 Å². The Balaban J connectivity index is 1.46. The number of β-lactam (4-membered cyclic amide) rings is 1. The molecule has 170 valence electrons. The zero-order valence-electron chi connectivity index (χ0n) is 16.3. The lowest BCUT2D eigenvalue weighted by Crippen LogP contribution is -2.70. The predicted molar refractivity (Wildman–Crippen MR) is 128 cm³/mol. The van der Waals surface area contributed by atoms with Gasteiger partial charge >= 0.3 is 5.97 Å². The Labute approximate surface area is 204 Å². The van der Waals surface area contributed by atoms with Gasteiger partial charge in [0.15, 0.2) is 5.13 Å². The van der Waals surface area contributed by atoms with Crippen LogP contribution in [0.2, 0.25) is 0 Å². The first-order valence-corrected chi connectivity index (χ1v) is 13.7. The lowest BCUT2D eigenvalue weighted by molar-refractivity contribution is -0.150. The summed E-state index contributed by atoms with van der Waals surface area (Å²) in [5, 5.41) is 13.7. The molecule has 1 unspecified atom stereocenters. The Bertz CT molecular complexity index is 1060. The van der Waals surface area contributed by atoms with Crippen molar-refractivity contribution in [2.45, 2.75) is 23.1 Å². The predicted octanol–water partition coefficient (Wildman–Crippen LogP) is 1.81. The van der Waals surface area contributed by atoms with Gasteiger partial charge < -0.3 is 16.2 Å². The highest BCUT2D eigenvalue weighted by Crippen LogP contribution is 2.42. The van der Waals surface area contributed by atoms with E-state index in [0.717, 1.165) is 29.0 Å².